The number of nitriles is 1. The maximum Gasteiger partial charge on any atom is 0.254 e. The summed E-state index contributed by atoms with van der Waals surface area (Å²) in [4.78, 5) is 17.8. The normalized spacial score (nSPS) is 15.6. The molecule has 1 amide bonds. The monoisotopic (exact) mass is 449 g/mol. The Labute approximate surface area is 190 Å². The summed E-state index contributed by atoms with van der Waals surface area (Å²) in [5, 5.41) is 26.7. The first-order valence-electron chi connectivity index (χ1n) is 10.5. The number of aromatic nitrogens is 3. The molecule has 4 N–H and O–H groups in total. The average Bonchev–Trinajstić information content (AvgIpc) is 3.20. The molecular weight excluding hydrogens is 425 g/mol. The molecule has 0 aliphatic carbocycles. The maximum atomic E-state index is 13.5. The van der Waals surface area contributed by atoms with Crippen molar-refractivity contribution in [1.29, 1.82) is 5.26 Å². The molecule has 1 aliphatic rings. The van der Waals surface area contributed by atoms with Gasteiger partial charge in [0.2, 0.25) is 5.95 Å². The second-order valence-electron chi connectivity index (χ2n) is 8.20. The van der Waals surface area contributed by atoms with E-state index in [1.165, 1.54) is 12.3 Å². The lowest BCUT2D eigenvalue weighted by Gasteiger charge is -2.40. The first-order valence-corrected chi connectivity index (χ1v) is 10.5. The first kappa shape index (κ1) is 22.2. The summed E-state index contributed by atoms with van der Waals surface area (Å²) in [6.07, 6.45) is 4.36. The number of primary amides is 1. The van der Waals surface area contributed by atoms with Crippen LogP contribution in [0.5, 0.6) is 5.75 Å². The number of likely N-dealkylation sites (tertiary alicyclic amines) is 1. The topological polar surface area (TPSA) is 133 Å². The summed E-state index contributed by atoms with van der Waals surface area (Å²) in [5.74, 6) is -0.910. The highest BCUT2D eigenvalue weighted by molar-refractivity contribution is 5.98. The number of anilines is 2. The first-order chi connectivity index (χ1) is 15.9. The van der Waals surface area contributed by atoms with Gasteiger partial charge in [0.25, 0.3) is 5.91 Å². The highest BCUT2D eigenvalue weighted by Crippen LogP contribution is 2.35. The number of halogens is 1. The van der Waals surface area contributed by atoms with Crippen LogP contribution in [0.1, 0.15) is 35.2 Å². The van der Waals surface area contributed by atoms with Crippen LogP contribution in [0.3, 0.4) is 0 Å². The molecule has 0 bridgehead atoms. The third kappa shape index (κ3) is 4.94. The molecule has 170 valence electrons. The number of nitrogens with zero attached hydrogens (tertiary/aromatic N) is 5. The number of nitrogens with one attached hydrogen (secondary N) is 1. The molecule has 0 radical (unpaired) electrons. The summed E-state index contributed by atoms with van der Waals surface area (Å²) < 4.78 is 15.1. The number of phenolic OH excluding ortho intramolecular Hbond substituents is 1. The van der Waals surface area contributed by atoms with Crippen molar-refractivity contribution in [3.8, 4) is 11.8 Å². The Hall–Kier alpha value is -3.97. The predicted molar refractivity (Wildman–Crippen MR) is 119 cm³/mol. The van der Waals surface area contributed by atoms with Gasteiger partial charge in [0, 0.05) is 43.8 Å². The minimum absolute atomic E-state index is 0.159. The van der Waals surface area contributed by atoms with Gasteiger partial charge in [-0.3, -0.25) is 14.4 Å². The number of phenols is 1. The summed E-state index contributed by atoms with van der Waals surface area (Å²) >= 11 is 0. The highest BCUT2D eigenvalue weighted by atomic mass is 19.1. The smallest absolute Gasteiger partial charge is 0.254 e. The van der Waals surface area contributed by atoms with E-state index < -0.39 is 17.4 Å². The van der Waals surface area contributed by atoms with E-state index in [4.69, 9.17) is 5.73 Å². The van der Waals surface area contributed by atoms with Crippen LogP contribution in [-0.4, -0.2) is 43.8 Å². The zero-order valence-electron chi connectivity index (χ0n) is 17.9. The Balaban J connectivity index is 1.56. The number of benzene rings is 1. The van der Waals surface area contributed by atoms with Gasteiger partial charge in [-0.2, -0.15) is 14.8 Å². The fraction of sp³-hybridized carbons (Fsp3) is 0.304. The molecule has 1 saturated heterocycles. The summed E-state index contributed by atoms with van der Waals surface area (Å²) in [5.41, 5.74) is 6.51. The van der Waals surface area contributed by atoms with E-state index in [2.05, 4.69) is 26.4 Å². The van der Waals surface area contributed by atoms with E-state index in [0.717, 1.165) is 5.56 Å². The fourth-order valence-electron chi connectivity index (χ4n) is 4.18. The van der Waals surface area contributed by atoms with Crippen LogP contribution in [0.4, 0.5) is 15.9 Å². The number of rotatable bonds is 7. The third-order valence-electron chi connectivity index (χ3n) is 5.97. The van der Waals surface area contributed by atoms with Crippen LogP contribution in [0.15, 0.2) is 48.8 Å². The molecular formula is C23H24FN7O2. The second-order valence-corrected chi connectivity index (χ2v) is 8.20. The van der Waals surface area contributed by atoms with E-state index in [-0.39, 0.29) is 23.6 Å². The van der Waals surface area contributed by atoms with Crippen LogP contribution in [0, 0.1) is 17.3 Å². The molecule has 0 unspecified atom stereocenters. The number of pyridine rings is 1. The molecule has 3 heterocycles. The average molecular weight is 449 g/mol. The van der Waals surface area contributed by atoms with Gasteiger partial charge in [0.15, 0.2) is 5.82 Å². The molecule has 0 spiro atoms. The van der Waals surface area contributed by atoms with Crippen LogP contribution in [-0.2, 0) is 12.1 Å². The van der Waals surface area contributed by atoms with Crippen molar-refractivity contribution in [3.63, 3.8) is 0 Å². The fourth-order valence-corrected chi connectivity index (χ4v) is 4.18. The Bertz CT molecular complexity index is 1200. The number of nitrogens with two attached hydrogens (primary N) is 1. The molecule has 4 rings (SSSR count). The molecule has 10 heteroatoms. The van der Waals surface area contributed by atoms with E-state index in [9.17, 15) is 19.6 Å². The van der Waals surface area contributed by atoms with Crippen LogP contribution in [0.2, 0.25) is 0 Å². The van der Waals surface area contributed by atoms with Crippen LogP contribution < -0.4 is 11.1 Å². The van der Waals surface area contributed by atoms with E-state index >= 15 is 0 Å². The second kappa shape index (κ2) is 9.26. The molecule has 2 aromatic heterocycles. The number of carbonyl (C=O) groups is 1. The van der Waals surface area contributed by atoms with Gasteiger partial charge >= 0.3 is 0 Å². The SMILES string of the molecule is N#CCC1(n2cc(C(N)=O)c(Nc3ccnc(F)c3)n2)CCN(Cc2cccc(O)c2)CC1. The molecule has 9 nitrogen and oxygen atoms in total. The molecule has 1 aromatic carbocycles. The van der Waals surface area contributed by atoms with Gasteiger partial charge < -0.3 is 16.2 Å². The van der Waals surface area contributed by atoms with Crippen LogP contribution >= 0.6 is 0 Å². The molecule has 3 aromatic rings. The van der Waals surface area contributed by atoms with Gasteiger partial charge in [-0.05, 0) is 36.6 Å². The van der Waals surface area contributed by atoms with E-state index in [1.54, 1.807) is 29.1 Å². The third-order valence-corrected chi connectivity index (χ3v) is 5.97. The standard InChI is InChI=1S/C23H24FN7O2/c24-20-13-17(4-9-27-20)28-22-19(21(26)33)15-31(29-22)23(5-8-25)6-10-30(11-7-23)14-16-2-1-3-18(32)12-16/h1-4,9,12-13,15,32H,5-7,10-11,14H2,(H2,26,33)(H,27,28,29). The predicted octanol–water partition coefficient (Wildman–Crippen LogP) is 2.87. The zero-order valence-corrected chi connectivity index (χ0v) is 17.9. The van der Waals surface area contributed by atoms with Gasteiger partial charge in [-0.1, -0.05) is 12.1 Å². The zero-order chi connectivity index (χ0) is 23.4. The molecule has 1 fully saturated rings. The number of hydrogen-bond donors (Lipinski definition) is 3. The van der Waals surface area contributed by atoms with Crippen molar-refractivity contribution in [1.82, 2.24) is 19.7 Å². The number of amides is 1. The quantitative estimate of drug-likeness (QED) is 0.472. The summed E-state index contributed by atoms with van der Waals surface area (Å²) in [7, 11) is 0. The largest absolute Gasteiger partial charge is 0.508 e. The van der Waals surface area contributed by atoms with Crippen molar-refractivity contribution in [2.45, 2.75) is 31.3 Å². The van der Waals surface area contributed by atoms with Crippen molar-refractivity contribution >= 4 is 17.4 Å². The summed E-state index contributed by atoms with van der Waals surface area (Å²) in [6, 6.07) is 12.1. The summed E-state index contributed by atoms with van der Waals surface area (Å²) in [6.45, 7) is 2.10. The number of piperidine rings is 1. The maximum absolute atomic E-state index is 13.5. The van der Waals surface area contributed by atoms with Gasteiger partial charge in [-0.25, -0.2) is 4.98 Å². The van der Waals surface area contributed by atoms with E-state index in [1.807, 2.05) is 12.1 Å². The van der Waals surface area contributed by atoms with Crippen molar-refractivity contribution in [2.24, 2.45) is 5.73 Å². The van der Waals surface area contributed by atoms with Gasteiger partial charge in [0.05, 0.1) is 18.0 Å². The molecule has 33 heavy (non-hydrogen) atoms. The number of hydrogen-bond acceptors (Lipinski definition) is 7. The molecule has 0 saturated carbocycles. The van der Waals surface area contributed by atoms with Crippen molar-refractivity contribution in [2.75, 3.05) is 18.4 Å². The number of carbonyl (C=O) groups excluding carboxylic acids is 1. The molecule has 0 atom stereocenters. The van der Waals surface area contributed by atoms with Crippen molar-refractivity contribution < 1.29 is 14.3 Å². The minimum atomic E-state index is -0.674. The minimum Gasteiger partial charge on any atom is -0.508 e. The Kier molecular flexibility index (Phi) is 6.24. The van der Waals surface area contributed by atoms with Gasteiger partial charge in [-0.15, -0.1) is 0 Å². The lowest BCUT2D eigenvalue weighted by molar-refractivity contribution is 0.0967. The van der Waals surface area contributed by atoms with Gasteiger partial charge in [0.1, 0.15) is 11.3 Å². The lowest BCUT2D eigenvalue weighted by Crippen LogP contribution is -2.46. The van der Waals surface area contributed by atoms with E-state index in [0.29, 0.717) is 38.2 Å². The molecule has 1 aliphatic heterocycles. The Morgan fingerprint density at radius 3 is 2.76 bits per heavy atom. The number of aromatic hydroxyl groups is 1. The highest BCUT2D eigenvalue weighted by Gasteiger charge is 2.38. The Morgan fingerprint density at radius 1 is 1.30 bits per heavy atom. The van der Waals surface area contributed by atoms with Crippen LogP contribution in [0.25, 0.3) is 0 Å². The van der Waals surface area contributed by atoms with Crippen molar-refractivity contribution in [3.05, 3.63) is 65.9 Å². The Morgan fingerprint density at radius 2 is 2.09 bits per heavy atom. The lowest BCUT2D eigenvalue weighted by atomic mass is 9.84.